The number of ether oxygens (including phenoxy) is 1. The van der Waals surface area contributed by atoms with Crippen LogP contribution in [0.5, 0.6) is 0 Å². The van der Waals surface area contributed by atoms with Crippen molar-refractivity contribution < 1.29 is 13.9 Å². The van der Waals surface area contributed by atoms with Crippen LogP contribution in [0.4, 0.5) is 9.18 Å². The number of hydrogen-bond donors (Lipinski definition) is 1. The van der Waals surface area contributed by atoms with Crippen LogP contribution < -0.4 is 5.32 Å². The first-order valence-electron chi connectivity index (χ1n) is 21.4. The van der Waals surface area contributed by atoms with E-state index in [0.29, 0.717) is 41.8 Å². The van der Waals surface area contributed by atoms with Gasteiger partial charge in [0.1, 0.15) is 12.4 Å². The van der Waals surface area contributed by atoms with Gasteiger partial charge in [0.2, 0.25) is 0 Å². The van der Waals surface area contributed by atoms with Crippen molar-refractivity contribution in [2.45, 2.75) is 118 Å². The zero-order valence-corrected chi connectivity index (χ0v) is 34.4. The first-order valence-corrected chi connectivity index (χ1v) is 21.4. The van der Waals surface area contributed by atoms with Crippen LogP contribution in [-0.2, 0) is 4.74 Å². The Bertz CT molecular complexity index is 2050. The summed E-state index contributed by atoms with van der Waals surface area (Å²) in [5, 5.41) is 3.64. The van der Waals surface area contributed by atoms with Gasteiger partial charge in [0, 0.05) is 11.5 Å². The number of hydrogen-bond acceptors (Lipinski definition) is 2. The highest BCUT2D eigenvalue weighted by atomic mass is 19.1. The second kappa shape index (κ2) is 12.7. The third kappa shape index (κ3) is 5.20. The third-order valence-corrected chi connectivity index (χ3v) is 17.8. The maximum Gasteiger partial charge on any atom is 0.407 e. The van der Waals surface area contributed by atoms with Crippen LogP contribution in [-0.4, -0.2) is 18.2 Å². The highest BCUT2D eigenvalue weighted by molar-refractivity contribution is 5.79. The zero-order chi connectivity index (χ0) is 38.7. The van der Waals surface area contributed by atoms with Gasteiger partial charge in [0.25, 0.3) is 0 Å². The number of fused-ring (bicyclic) bond motifs is 10. The van der Waals surface area contributed by atoms with E-state index < -0.39 is 0 Å². The van der Waals surface area contributed by atoms with Crippen molar-refractivity contribution in [2.24, 2.45) is 51.2 Å². The second-order valence-electron chi connectivity index (χ2n) is 20.3. The van der Waals surface area contributed by atoms with Gasteiger partial charge >= 0.3 is 6.09 Å². The Morgan fingerprint density at radius 3 is 2.20 bits per heavy atom. The summed E-state index contributed by atoms with van der Waals surface area (Å²) in [5.41, 5.74) is 9.57. The smallest absolute Gasteiger partial charge is 0.407 e. The van der Waals surface area contributed by atoms with Gasteiger partial charge in [-0.25, -0.2) is 9.18 Å². The summed E-state index contributed by atoms with van der Waals surface area (Å²) in [6.45, 7) is 21.8. The van der Waals surface area contributed by atoms with E-state index in [9.17, 15) is 9.18 Å². The van der Waals surface area contributed by atoms with Crippen LogP contribution in [0.2, 0.25) is 0 Å². The summed E-state index contributed by atoms with van der Waals surface area (Å²) in [6, 6.07) is 23.0. The molecule has 1 amide bonds. The number of nitrogens with one attached hydrogen (secondary N) is 1. The lowest BCUT2D eigenvalue weighted by atomic mass is 9.33. The Morgan fingerprint density at radius 2 is 1.53 bits per heavy atom. The van der Waals surface area contributed by atoms with Crippen LogP contribution in [0.25, 0.3) is 16.7 Å². The van der Waals surface area contributed by atoms with Crippen molar-refractivity contribution in [1.82, 2.24) is 5.32 Å². The molecule has 9 atom stereocenters. The van der Waals surface area contributed by atoms with Crippen LogP contribution >= 0.6 is 0 Å². The second-order valence-corrected chi connectivity index (χ2v) is 20.3. The fraction of sp³-hybridized carbons (Fsp3) is 0.549. The van der Waals surface area contributed by atoms with Gasteiger partial charge in [-0.1, -0.05) is 114 Å². The standard InChI is InChI=1S/C51H62FNO2/c1-31(2)34-21-26-51(53-46(54)55-30-39-37-15-11-9-13-35(37)36-14-10-12-16-38(36)39)28-27-49(7)41(45(34)51)19-20-44-48(6)24-22-40(33-18-17-32(3)42(52)29-33)47(4,5)43(48)23-25-50(44,49)8/h9-18,22,29,34,39,41,43-45H,1,19-21,23-28,30H2,2-8H3,(H,53,54)/t34-,41+,43-,44+,45+,48-,49+,50+,51-/m0/s1. The summed E-state index contributed by atoms with van der Waals surface area (Å²) < 4.78 is 21.1. The molecule has 0 bridgehead atoms. The lowest BCUT2D eigenvalue weighted by molar-refractivity contribution is -0.218. The number of aryl methyl sites for hydroxylation is 1. The molecule has 0 saturated heterocycles. The van der Waals surface area contributed by atoms with Gasteiger partial charge in [-0.3, -0.25) is 0 Å². The number of halogens is 1. The van der Waals surface area contributed by atoms with Crippen molar-refractivity contribution in [3.8, 4) is 11.1 Å². The molecular weight excluding hydrogens is 678 g/mol. The third-order valence-electron chi connectivity index (χ3n) is 17.8. The van der Waals surface area contributed by atoms with E-state index in [2.05, 4.69) is 114 Å². The van der Waals surface area contributed by atoms with Crippen LogP contribution in [0, 0.1) is 64.0 Å². The molecule has 6 aliphatic carbocycles. The highest BCUT2D eigenvalue weighted by Gasteiger charge is 2.70. The number of carbonyl (C=O) groups is 1. The molecule has 55 heavy (non-hydrogen) atoms. The molecule has 4 heteroatoms. The number of rotatable bonds is 5. The maximum atomic E-state index is 14.9. The molecule has 0 aromatic heterocycles. The van der Waals surface area contributed by atoms with Crippen molar-refractivity contribution >= 4 is 11.7 Å². The van der Waals surface area contributed by atoms with Crippen molar-refractivity contribution in [1.29, 1.82) is 0 Å². The van der Waals surface area contributed by atoms with Crippen LogP contribution in [0.15, 0.2) is 85.0 Å². The first kappa shape index (κ1) is 36.9. The Hall–Kier alpha value is -3.66. The number of allylic oxidation sites excluding steroid dienone is 3. The minimum absolute atomic E-state index is 0.0427. The SMILES string of the molecule is C=C(C)[C@@H]1CC[C@]2(NC(=O)OCC3c4ccccc4-c4ccccc43)CC[C@]3(C)[C@H](CC[C@@H]4[C@@]5(C)CC=C(c6ccc(C)c(F)c6)C(C)(C)[C@@H]5CC[C@]43C)[C@@H]12. The minimum atomic E-state index is -0.269. The largest absolute Gasteiger partial charge is 0.449 e. The first-order chi connectivity index (χ1) is 26.1. The van der Waals surface area contributed by atoms with E-state index in [1.807, 2.05) is 13.0 Å². The molecule has 1 N–H and O–H groups in total. The average molecular weight is 740 g/mol. The summed E-state index contributed by atoms with van der Waals surface area (Å²) in [4.78, 5) is 14.1. The molecule has 6 aliphatic rings. The summed E-state index contributed by atoms with van der Waals surface area (Å²) >= 11 is 0. The van der Waals surface area contributed by atoms with E-state index in [1.165, 1.54) is 59.1 Å². The number of benzene rings is 3. The molecule has 9 rings (SSSR count). The van der Waals surface area contributed by atoms with E-state index in [1.54, 1.807) is 6.07 Å². The fourth-order valence-corrected chi connectivity index (χ4v) is 15.1. The molecule has 0 heterocycles. The Kier molecular flexibility index (Phi) is 8.51. The van der Waals surface area contributed by atoms with Crippen molar-refractivity contribution in [2.75, 3.05) is 6.61 Å². The lowest BCUT2D eigenvalue weighted by Gasteiger charge is -2.72. The average Bonchev–Trinajstić information content (AvgIpc) is 3.68. The predicted octanol–water partition coefficient (Wildman–Crippen LogP) is 13.1. The topological polar surface area (TPSA) is 38.3 Å². The summed E-state index contributed by atoms with van der Waals surface area (Å²) in [7, 11) is 0. The van der Waals surface area contributed by atoms with Gasteiger partial charge in [0.05, 0.1) is 0 Å². The van der Waals surface area contributed by atoms with Crippen LogP contribution in [0.1, 0.15) is 128 Å². The molecule has 0 spiro atoms. The lowest BCUT2D eigenvalue weighted by Crippen LogP contribution is -2.68. The molecule has 0 radical (unpaired) electrons. The predicted molar refractivity (Wildman–Crippen MR) is 222 cm³/mol. The Morgan fingerprint density at radius 1 is 0.836 bits per heavy atom. The monoisotopic (exact) mass is 739 g/mol. The zero-order valence-electron chi connectivity index (χ0n) is 34.4. The summed E-state index contributed by atoms with van der Waals surface area (Å²) in [6.07, 6.45) is 12.3. The molecule has 3 aromatic carbocycles. The van der Waals surface area contributed by atoms with Crippen molar-refractivity contribution in [3.05, 3.63) is 113 Å². The molecule has 3 nitrogen and oxygen atoms in total. The quantitative estimate of drug-likeness (QED) is 0.265. The van der Waals surface area contributed by atoms with Crippen molar-refractivity contribution in [3.63, 3.8) is 0 Å². The molecular formula is C51H62FNO2. The molecule has 4 saturated carbocycles. The van der Waals surface area contributed by atoms with E-state index in [0.717, 1.165) is 37.7 Å². The summed E-state index contributed by atoms with van der Waals surface area (Å²) in [5.74, 6) is 2.37. The number of carbonyl (C=O) groups excluding carboxylic acids is 1. The molecule has 290 valence electrons. The van der Waals surface area contributed by atoms with Gasteiger partial charge in [-0.15, -0.1) is 0 Å². The van der Waals surface area contributed by atoms with Gasteiger partial charge in [0.15, 0.2) is 0 Å². The number of amides is 1. The van der Waals surface area contributed by atoms with Crippen LogP contribution in [0.3, 0.4) is 0 Å². The highest BCUT2D eigenvalue weighted by Crippen LogP contribution is 2.76. The normalized spacial score (nSPS) is 36.9. The Labute approximate surface area is 329 Å². The molecule has 4 fully saturated rings. The van der Waals surface area contributed by atoms with Gasteiger partial charge in [-0.05, 0) is 168 Å². The van der Waals surface area contributed by atoms with Gasteiger partial charge < -0.3 is 10.1 Å². The van der Waals surface area contributed by atoms with E-state index in [4.69, 9.17) is 4.74 Å². The Balaban J connectivity index is 0.982. The van der Waals surface area contributed by atoms with E-state index >= 15 is 0 Å². The fourth-order valence-electron chi connectivity index (χ4n) is 15.1. The molecule has 0 unspecified atom stereocenters. The minimum Gasteiger partial charge on any atom is -0.449 e. The van der Waals surface area contributed by atoms with Gasteiger partial charge in [-0.2, -0.15) is 0 Å². The molecule has 0 aliphatic heterocycles. The molecule has 3 aromatic rings. The maximum absolute atomic E-state index is 14.9. The van der Waals surface area contributed by atoms with E-state index in [-0.39, 0.29) is 45.0 Å². The number of alkyl carbamates (subject to hydrolysis) is 1.